The van der Waals surface area contributed by atoms with Gasteiger partial charge >= 0.3 is 0 Å². The zero-order valence-electron chi connectivity index (χ0n) is 19.3. The van der Waals surface area contributed by atoms with Crippen LogP contribution in [0.2, 0.25) is 0 Å². The van der Waals surface area contributed by atoms with Crippen LogP contribution in [0.5, 0.6) is 11.5 Å². The van der Waals surface area contributed by atoms with Gasteiger partial charge in [0.2, 0.25) is 5.91 Å². The van der Waals surface area contributed by atoms with E-state index in [1.807, 2.05) is 18.2 Å². The van der Waals surface area contributed by atoms with Gasteiger partial charge in [0.25, 0.3) is 5.56 Å². The number of methoxy groups -OCH3 is 2. The highest BCUT2D eigenvalue weighted by molar-refractivity contribution is 7.99. The Morgan fingerprint density at radius 3 is 2.51 bits per heavy atom. The average molecular weight is 494 g/mol. The van der Waals surface area contributed by atoms with E-state index in [0.717, 1.165) is 17.3 Å². The number of rotatable bonds is 9. The number of thioether (sulfide) groups is 1. The Morgan fingerprint density at radius 2 is 1.77 bits per heavy atom. The maximum absolute atomic E-state index is 13.5. The molecule has 180 valence electrons. The highest BCUT2D eigenvalue weighted by Gasteiger charge is 2.15. The Bertz CT molecular complexity index is 1410. The number of carbonyl (C=O) groups is 1. The van der Waals surface area contributed by atoms with E-state index < -0.39 is 5.82 Å². The molecule has 1 heterocycles. The number of para-hydroxylation sites is 1. The Morgan fingerprint density at radius 1 is 1.03 bits per heavy atom. The summed E-state index contributed by atoms with van der Waals surface area (Å²) in [7, 11) is 3.16. The zero-order chi connectivity index (χ0) is 24.8. The number of amides is 1. The summed E-state index contributed by atoms with van der Waals surface area (Å²) in [4.78, 5) is 30.3. The zero-order valence-corrected chi connectivity index (χ0v) is 20.1. The van der Waals surface area contributed by atoms with E-state index >= 15 is 0 Å². The van der Waals surface area contributed by atoms with Crippen molar-refractivity contribution in [2.75, 3.05) is 26.5 Å². The van der Waals surface area contributed by atoms with E-state index in [0.29, 0.717) is 46.2 Å². The first kappa shape index (κ1) is 24.3. The molecule has 0 bridgehead atoms. The number of halogens is 1. The monoisotopic (exact) mass is 493 g/mol. The van der Waals surface area contributed by atoms with Crippen molar-refractivity contribution in [1.82, 2.24) is 14.9 Å². The third-order valence-electron chi connectivity index (χ3n) is 5.35. The molecular formula is C26H24FN3O4S. The Balaban J connectivity index is 1.46. The van der Waals surface area contributed by atoms with Crippen molar-refractivity contribution in [1.29, 1.82) is 0 Å². The topological polar surface area (TPSA) is 82.5 Å². The van der Waals surface area contributed by atoms with Crippen molar-refractivity contribution in [3.8, 4) is 17.2 Å². The van der Waals surface area contributed by atoms with Gasteiger partial charge in [0.05, 0.1) is 36.6 Å². The average Bonchev–Trinajstić information content (AvgIpc) is 2.88. The summed E-state index contributed by atoms with van der Waals surface area (Å²) in [6.45, 7) is 0.435. The summed E-state index contributed by atoms with van der Waals surface area (Å²) in [6.07, 6.45) is 0.616. The molecule has 0 spiro atoms. The molecule has 0 fully saturated rings. The minimum Gasteiger partial charge on any atom is -0.493 e. The van der Waals surface area contributed by atoms with Crippen LogP contribution in [-0.4, -0.2) is 42.0 Å². The number of carbonyl (C=O) groups excluding carboxylic acids is 1. The van der Waals surface area contributed by atoms with Crippen LogP contribution in [0, 0.1) is 5.82 Å². The molecular weight excluding hydrogens is 469 g/mol. The van der Waals surface area contributed by atoms with Gasteiger partial charge in [0, 0.05) is 6.54 Å². The molecule has 0 saturated carbocycles. The predicted molar refractivity (Wildman–Crippen MR) is 134 cm³/mol. The van der Waals surface area contributed by atoms with E-state index in [1.54, 1.807) is 38.5 Å². The lowest BCUT2D eigenvalue weighted by Crippen LogP contribution is -2.28. The molecule has 9 heteroatoms. The van der Waals surface area contributed by atoms with Gasteiger partial charge < -0.3 is 14.8 Å². The van der Waals surface area contributed by atoms with Crippen LogP contribution in [0.4, 0.5) is 4.39 Å². The first-order valence-corrected chi connectivity index (χ1v) is 11.9. The molecule has 0 saturated heterocycles. The summed E-state index contributed by atoms with van der Waals surface area (Å²) in [5.41, 5.74) is 1.73. The van der Waals surface area contributed by atoms with E-state index in [2.05, 4.69) is 10.3 Å². The van der Waals surface area contributed by atoms with Gasteiger partial charge in [-0.25, -0.2) is 9.37 Å². The second-order valence-corrected chi connectivity index (χ2v) is 8.55. The molecule has 0 aliphatic carbocycles. The van der Waals surface area contributed by atoms with Crippen LogP contribution in [0.1, 0.15) is 5.56 Å². The molecule has 7 nitrogen and oxygen atoms in total. The minimum atomic E-state index is -0.404. The fourth-order valence-electron chi connectivity index (χ4n) is 3.59. The Hall–Kier alpha value is -3.85. The molecule has 1 N–H and O–H groups in total. The number of fused-ring (bicyclic) bond motifs is 1. The van der Waals surface area contributed by atoms with Gasteiger partial charge in [0.15, 0.2) is 16.7 Å². The number of hydrogen-bond donors (Lipinski definition) is 1. The van der Waals surface area contributed by atoms with Gasteiger partial charge in [-0.15, -0.1) is 0 Å². The first-order chi connectivity index (χ1) is 17.0. The summed E-state index contributed by atoms with van der Waals surface area (Å²) < 4.78 is 25.4. The smallest absolute Gasteiger partial charge is 0.266 e. The normalized spacial score (nSPS) is 10.8. The molecule has 4 rings (SSSR count). The van der Waals surface area contributed by atoms with Crippen molar-refractivity contribution in [2.24, 2.45) is 0 Å². The van der Waals surface area contributed by atoms with Crippen molar-refractivity contribution in [3.63, 3.8) is 0 Å². The van der Waals surface area contributed by atoms with Crippen molar-refractivity contribution < 1.29 is 18.7 Å². The minimum absolute atomic E-state index is 0.0674. The molecule has 0 atom stereocenters. The fraction of sp³-hybridized carbons (Fsp3) is 0.192. The number of ether oxygens (including phenoxy) is 2. The summed E-state index contributed by atoms with van der Waals surface area (Å²) in [5, 5.41) is 3.69. The number of hydrogen-bond acceptors (Lipinski definition) is 6. The highest BCUT2D eigenvalue weighted by Crippen LogP contribution is 2.27. The molecule has 0 aliphatic heterocycles. The summed E-state index contributed by atoms with van der Waals surface area (Å²) in [6, 6.07) is 18.2. The predicted octanol–water partition coefficient (Wildman–Crippen LogP) is 3.99. The molecule has 35 heavy (non-hydrogen) atoms. The quantitative estimate of drug-likeness (QED) is 0.280. The third-order valence-corrected chi connectivity index (χ3v) is 6.28. The van der Waals surface area contributed by atoms with Gasteiger partial charge in [0.1, 0.15) is 5.82 Å². The largest absolute Gasteiger partial charge is 0.493 e. The molecule has 3 aromatic carbocycles. The first-order valence-electron chi connectivity index (χ1n) is 10.9. The van der Waals surface area contributed by atoms with Crippen LogP contribution in [0.25, 0.3) is 16.6 Å². The Labute approximate surface area is 205 Å². The number of benzene rings is 3. The maximum atomic E-state index is 13.5. The number of aromatic nitrogens is 2. The third kappa shape index (κ3) is 5.63. The highest BCUT2D eigenvalue weighted by atomic mass is 32.2. The van der Waals surface area contributed by atoms with Crippen LogP contribution >= 0.6 is 11.8 Å². The van der Waals surface area contributed by atoms with Crippen molar-refractivity contribution in [2.45, 2.75) is 11.6 Å². The molecule has 0 aliphatic rings. The number of nitrogens with zero attached hydrogens (tertiary/aromatic N) is 2. The second-order valence-electron chi connectivity index (χ2n) is 7.61. The van der Waals surface area contributed by atoms with E-state index in [4.69, 9.17) is 9.47 Å². The van der Waals surface area contributed by atoms with Gasteiger partial charge in [-0.05, 0) is 60.5 Å². The van der Waals surface area contributed by atoms with Crippen LogP contribution < -0.4 is 20.3 Å². The molecule has 0 unspecified atom stereocenters. The van der Waals surface area contributed by atoms with E-state index in [-0.39, 0.29) is 17.2 Å². The van der Waals surface area contributed by atoms with E-state index in [9.17, 15) is 14.0 Å². The van der Waals surface area contributed by atoms with Crippen LogP contribution in [0.15, 0.2) is 76.7 Å². The fourth-order valence-corrected chi connectivity index (χ4v) is 4.43. The lowest BCUT2D eigenvalue weighted by atomic mass is 10.1. The lowest BCUT2D eigenvalue weighted by molar-refractivity contribution is -0.118. The van der Waals surface area contributed by atoms with E-state index in [1.165, 1.54) is 28.8 Å². The summed E-state index contributed by atoms with van der Waals surface area (Å²) in [5.74, 6) is 0.750. The molecule has 4 aromatic rings. The standard InChI is InChI=1S/C26H24FN3O4S/c1-33-22-12-7-17(15-23(22)34-2)13-14-28-24(31)16-35-26-29-21-6-4-3-5-20(21)25(32)30(26)19-10-8-18(27)9-11-19/h3-12,15H,13-14,16H2,1-2H3,(H,28,31). The number of nitrogens with one attached hydrogen (secondary N) is 1. The molecule has 0 radical (unpaired) electrons. The lowest BCUT2D eigenvalue weighted by Gasteiger charge is -2.13. The summed E-state index contributed by atoms with van der Waals surface area (Å²) >= 11 is 1.15. The molecule has 1 amide bonds. The van der Waals surface area contributed by atoms with Crippen LogP contribution in [0.3, 0.4) is 0 Å². The van der Waals surface area contributed by atoms with Crippen LogP contribution in [-0.2, 0) is 11.2 Å². The maximum Gasteiger partial charge on any atom is 0.266 e. The van der Waals surface area contributed by atoms with Gasteiger partial charge in [-0.1, -0.05) is 30.0 Å². The van der Waals surface area contributed by atoms with Crippen molar-refractivity contribution >= 4 is 28.6 Å². The Kier molecular flexibility index (Phi) is 7.67. The SMILES string of the molecule is COc1ccc(CCNC(=O)CSc2nc3ccccc3c(=O)n2-c2ccc(F)cc2)cc1OC. The van der Waals surface area contributed by atoms with Gasteiger partial charge in [-0.3, -0.25) is 14.2 Å². The van der Waals surface area contributed by atoms with Gasteiger partial charge in [-0.2, -0.15) is 0 Å². The second kappa shape index (κ2) is 11.1. The van der Waals surface area contributed by atoms with Crippen molar-refractivity contribution in [3.05, 3.63) is 88.5 Å². The molecule has 1 aromatic heterocycles.